The highest BCUT2D eigenvalue weighted by Crippen LogP contribution is 2.16. The van der Waals surface area contributed by atoms with Crippen molar-refractivity contribution in [1.82, 2.24) is 15.1 Å². The average Bonchev–Trinajstić information content (AvgIpc) is 2.99. The molecule has 23 heavy (non-hydrogen) atoms. The molecule has 0 aliphatic carbocycles. The van der Waals surface area contributed by atoms with Gasteiger partial charge in [0.15, 0.2) is 0 Å². The highest BCUT2D eigenvalue weighted by atomic mass is 16.5. The van der Waals surface area contributed by atoms with E-state index in [0.29, 0.717) is 5.69 Å². The van der Waals surface area contributed by atoms with E-state index in [1.807, 2.05) is 30.3 Å². The molecule has 124 valence electrons. The summed E-state index contributed by atoms with van der Waals surface area (Å²) in [5.41, 5.74) is 1.29. The van der Waals surface area contributed by atoms with E-state index in [4.69, 9.17) is 4.74 Å². The lowest BCUT2D eigenvalue weighted by Crippen LogP contribution is -2.30. The molecule has 2 aromatic rings. The SMILES string of the molecule is Cn1ccc(C(O)C(O)CCNC(=O)OCc2ccccc2)n1. The number of benzene rings is 1. The van der Waals surface area contributed by atoms with E-state index in [2.05, 4.69) is 10.4 Å². The molecule has 0 aliphatic heterocycles. The Balaban J connectivity index is 1.66. The Morgan fingerprint density at radius 2 is 2.04 bits per heavy atom. The maximum Gasteiger partial charge on any atom is 0.407 e. The van der Waals surface area contributed by atoms with Crippen molar-refractivity contribution in [3.8, 4) is 0 Å². The third-order valence-corrected chi connectivity index (χ3v) is 3.32. The van der Waals surface area contributed by atoms with Gasteiger partial charge in [0.05, 0.1) is 11.8 Å². The minimum atomic E-state index is -1.08. The fourth-order valence-corrected chi connectivity index (χ4v) is 2.04. The van der Waals surface area contributed by atoms with Crippen molar-refractivity contribution in [2.45, 2.75) is 25.2 Å². The third-order valence-electron chi connectivity index (χ3n) is 3.32. The monoisotopic (exact) mass is 319 g/mol. The summed E-state index contributed by atoms with van der Waals surface area (Å²) in [5, 5.41) is 26.4. The van der Waals surface area contributed by atoms with Crippen molar-refractivity contribution in [2.75, 3.05) is 6.54 Å². The molecular weight excluding hydrogens is 298 g/mol. The van der Waals surface area contributed by atoms with Crippen LogP contribution in [-0.2, 0) is 18.4 Å². The number of nitrogens with zero attached hydrogens (tertiary/aromatic N) is 2. The molecule has 0 aliphatic rings. The van der Waals surface area contributed by atoms with Crippen LogP contribution in [0.1, 0.15) is 23.8 Å². The summed E-state index contributed by atoms with van der Waals surface area (Å²) in [6.45, 7) is 0.379. The topological polar surface area (TPSA) is 96.6 Å². The number of ether oxygens (including phenoxy) is 1. The molecule has 1 amide bonds. The first kappa shape index (κ1) is 17.0. The Kier molecular flexibility index (Phi) is 6.13. The lowest BCUT2D eigenvalue weighted by molar-refractivity contribution is 0.0108. The van der Waals surface area contributed by atoms with E-state index >= 15 is 0 Å². The minimum absolute atomic E-state index is 0.186. The van der Waals surface area contributed by atoms with Gasteiger partial charge in [-0.2, -0.15) is 5.10 Å². The van der Waals surface area contributed by atoms with Gasteiger partial charge < -0.3 is 20.3 Å². The van der Waals surface area contributed by atoms with E-state index in [-0.39, 0.29) is 19.6 Å². The smallest absolute Gasteiger partial charge is 0.407 e. The molecule has 0 saturated heterocycles. The van der Waals surface area contributed by atoms with Crippen LogP contribution in [0.4, 0.5) is 4.79 Å². The standard InChI is InChI=1S/C16H21N3O4/c1-19-10-8-13(18-19)15(21)14(20)7-9-17-16(22)23-11-12-5-3-2-4-6-12/h2-6,8,10,14-15,20-21H,7,9,11H2,1H3,(H,17,22). The zero-order valence-electron chi connectivity index (χ0n) is 12.9. The van der Waals surface area contributed by atoms with Crippen LogP contribution < -0.4 is 5.32 Å². The van der Waals surface area contributed by atoms with E-state index in [0.717, 1.165) is 5.56 Å². The van der Waals surface area contributed by atoms with Crippen molar-refractivity contribution >= 4 is 6.09 Å². The van der Waals surface area contributed by atoms with Crippen molar-refractivity contribution in [1.29, 1.82) is 0 Å². The lowest BCUT2D eigenvalue weighted by atomic mass is 10.1. The van der Waals surface area contributed by atoms with Gasteiger partial charge in [-0.05, 0) is 18.1 Å². The number of aliphatic hydroxyl groups is 2. The molecule has 2 atom stereocenters. The van der Waals surface area contributed by atoms with Crippen molar-refractivity contribution in [3.63, 3.8) is 0 Å². The molecule has 1 aromatic heterocycles. The zero-order valence-corrected chi connectivity index (χ0v) is 12.9. The molecule has 2 rings (SSSR count). The normalized spacial score (nSPS) is 13.3. The fourth-order valence-electron chi connectivity index (χ4n) is 2.04. The summed E-state index contributed by atoms with van der Waals surface area (Å²) < 4.78 is 6.59. The molecule has 0 saturated carbocycles. The lowest BCUT2D eigenvalue weighted by Gasteiger charge is -2.16. The molecule has 0 radical (unpaired) electrons. The van der Waals surface area contributed by atoms with Gasteiger partial charge in [0.1, 0.15) is 12.7 Å². The number of carbonyl (C=O) groups excluding carboxylic acids is 1. The zero-order chi connectivity index (χ0) is 16.7. The molecule has 2 unspecified atom stereocenters. The molecule has 0 bridgehead atoms. The first-order chi connectivity index (χ1) is 11.1. The highest BCUT2D eigenvalue weighted by Gasteiger charge is 2.20. The van der Waals surface area contributed by atoms with Crippen LogP contribution in [0.15, 0.2) is 42.6 Å². The molecule has 7 nitrogen and oxygen atoms in total. The van der Waals surface area contributed by atoms with Crippen LogP contribution in [0.5, 0.6) is 0 Å². The average molecular weight is 319 g/mol. The first-order valence-corrected chi connectivity index (χ1v) is 7.36. The largest absolute Gasteiger partial charge is 0.445 e. The second-order valence-corrected chi connectivity index (χ2v) is 5.20. The predicted molar refractivity (Wildman–Crippen MR) is 83.4 cm³/mol. The maximum absolute atomic E-state index is 11.5. The molecule has 7 heteroatoms. The predicted octanol–water partition coefficient (Wildman–Crippen LogP) is 1.13. The van der Waals surface area contributed by atoms with E-state index < -0.39 is 18.3 Å². The summed E-state index contributed by atoms with van der Waals surface area (Å²) in [7, 11) is 1.73. The van der Waals surface area contributed by atoms with Gasteiger partial charge in [-0.15, -0.1) is 0 Å². The summed E-state index contributed by atoms with van der Waals surface area (Å²) in [6, 6.07) is 11.0. The number of nitrogens with one attached hydrogen (secondary N) is 1. The van der Waals surface area contributed by atoms with Gasteiger partial charge in [0.2, 0.25) is 0 Å². The van der Waals surface area contributed by atoms with Gasteiger partial charge in [-0.1, -0.05) is 30.3 Å². The Labute approximate surface area is 134 Å². The summed E-state index contributed by atoms with van der Waals surface area (Å²) in [5.74, 6) is 0. The number of amides is 1. The minimum Gasteiger partial charge on any atom is -0.445 e. The molecule has 0 fully saturated rings. The Morgan fingerprint density at radius 1 is 1.30 bits per heavy atom. The van der Waals surface area contributed by atoms with Crippen LogP contribution in [0.2, 0.25) is 0 Å². The number of alkyl carbamates (subject to hydrolysis) is 1. The molecule has 3 N–H and O–H groups in total. The molecule has 1 aromatic carbocycles. The van der Waals surface area contributed by atoms with Gasteiger partial charge >= 0.3 is 6.09 Å². The van der Waals surface area contributed by atoms with Gasteiger partial charge in [0.25, 0.3) is 0 Å². The number of aromatic nitrogens is 2. The van der Waals surface area contributed by atoms with Gasteiger partial charge in [-0.25, -0.2) is 4.79 Å². The Morgan fingerprint density at radius 3 is 2.70 bits per heavy atom. The van der Waals surface area contributed by atoms with E-state index in [1.165, 1.54) is 0 Å². The number of aliphatic hydroxyl groups excluding tert-OH is 2. The number of hydrogen-bond donors (Lipinski definition) is 3. The molecular formula is C16H21N3O4. The van der Waals surface area contributed by atoms with E-state index in [1.54, 1.807) is 24.0 Å². The molecule has 1 heterocycles. The second kappa shape index (κ2) is 8.30. The van der Waals surface area contributed by atoms with Gasteiger partial charge in [0, 0.05) is 19.8 Å². The van der Waals surface area contributed by atoms with Crippen LogP contribution in [0.25, 0.3) is 0 Å². The third kappa shape index (κ3) is 5.39. The van der Waals surface area contributed by atoms with Crippen LogP contribution in [0.3, 0.4) is 0 Å². The molecule has 0 spiro atoms. The fraction of sp³-hybridized carbons (Fsp3) is 0.375. The first-order valence-electron chi connectivity index (χ1n) is 7.36. The second-order valence-electron chi connectivity index (χ2n) is 5.20. The van der Waals surface area contributed by atoms with Crippen LogP contribution in [0, 0.1) is 0 Å². The number of hydrogen-bond acceptors (Lipinski definition) is 5. The summed E-state index contributed by atoms with van der Waals surface area (Å²) >= 11 is 0. The van der Waals surface area contributed by atoms with Crippen molar-refractivity contribution < 1.29 is 19.7 Å². The quantitative estimate of drug-likeness (QED) is 0.711. The summed E-state index contributed by atoms with van der Waals surface area (Å²) in [4.78, 5) is 11.5. The van der Waals surface area contributed by atoms with E-state index in [9.17, 15) is 15.0 Å². The van der Waals surface area contributed by atoms with Crippen molar-refractivity contribution in [2.24, 2.45) is 7.05 Å². The summed E-state index contributed by atoms with van der Waals surface area (Å²) in [6.07, 6.45) is -0.783. The number of aryl methyl sites for hydroxylation is 1. The van der Waals surface area contributed by atoms with Crippen LogP contribution in [-0.4, -0.2) is 38.7 Å². The number of carbonyl (C=O) groups is 1. The highest BCUT2D eigenvalue weighted by molar-refractivity contribution is 5.67. The number of rotatable bonds is 7. The van der Waals surface area contributed by atoms with Gasteiger partial charge in [-0.3, -0.25) is 4.68 Å². The Hall–Kier alpha value is -2.38. The van der Waals surface area contributed by atoms with Crippen molar-refractivity contribution in [3.05, 3.63) is 53.9 Å². The van der Waals surface area contributed by atoms with Crippen LogP contribution >= 0.6 is 0 Å². The Bertz CT molecular complexity index is 615. The maximum atomic E-state index is 11.5.